The van der Waals surface area contributed by atoms with Gasteiger partial charge in [0.05, 0.1) is 15.7 Å². The van der Waals surface area contributed by atoms with E-state index < -0.39 is 0 Å². The molecule has 0 fully saturated rings. The van der Waals surface area contributed by atoms with Gasteiger partial charge in [-0.1, -0.05) is 43.1 Å². The summed E-state index contributed by atoms with van der Waals surface area (Å²) in [5.41, 5.74) is 1.72. The molecule has 0 saturated heterocycles. The lowest BCUT2D eigenvalue weighted by Gasteiger charge is -2.00. The largest absolute Gasteiger partial charge is 0.239 e. The lowest BCUT2D eigenvalue weighted by Crippen LogP contribution is -1.90. The number of rotatable bonds is 2. The van der Waals surface area contributed by atoms with Crippen molar-refractivity contribution in [2.75, 3.05) is 0 Å². The van der Waals surface area contributed by atoms with Crippen molar-refractivity contribution in [3.63, 3.8) is 0 Å². The molecule has 92 valence electrons. The Labute approximate surface area is 120 Å². The molecule has 0 aliphatic heterocycles. The maximum atomic E-state index is 9.10. The molecule has 0 saturated carbocycles. The molecule has 0 aliphatic carbocycles. The third-order valence-corrected chi connectivity index (χ3v) is 4.23. The van der Waals surface area contributed by atoms with Crippen molar-refractivity contribution in [1.29, 1.82) is 5.26 Å². The number of nitrogens with zero attached hydrogens (tertiary/aromatic N) is 2. The highest BCUT2D eigenvalue weighted by Gasteiger charge is 2.15. The lowest BCUT2D eigenvalue weighted by molar-refractivity contribution is 0.831. The molecule has 0 N–H and O–H groups in total. The van der Waals surface area contributed by atoms with E-state index in [1.807, 2.05) is 19.9 Å². The van der Waals surface area contributed by atoms with Crippen molar-refractivity contribution in [1.82, 2.24) is 4.98 Å². The zero-order chi connectivity index (χ0) is 13.3. The number of aromatic nitrogens is 1. The van der Waals surface area contributed by atoms with Gasteiger partial charge in [-0.05, 0) is 18.1 Å². The molecule has 0 bridgehead atoms. The average molecular weight is 297 g/mol. The Hall–Kier alpha value is -1.08. The highest BCUT2D eigenvalue weighted by Crippen LogP contribution is 2.34. The fourth-order valence-corrected chi connectivity index (χ4v) is 2.87. The van der Waals surface area contributed by atoms with Gasteiger partial charge in [-0.25, -0.2) is 4.98 Å². The topological polar surface area (TPSA) is 36.7 Å². The second kappa shape index (κ2) is 5.27. The van der Waals surface area contributed by atoms with Crippen LogP contribution in [0.25, 0.3) is 10.6 Å². The molecular weight excluding hydrogens is 287 g/mol. The summed E-state index contributed by atoms with van der Waals surface area (Å²) in [5.74, 6) is 0.229. The predicted molar refractivity (Wildman–Crippen MR) is 76.4 cm³/mol. The Morgan fingerprint density at radius 3 is 2.50 bits per heavy atom. The normalized spacial score (nSPS) is 10.7. The number of hydrogen-bond acceptors (Lipinski definition) is 3. The standard InChI is InChI=1S/C13H10Cl2N2S/c1-7(2)12-11(6-16)18-13(17-12)8-3-4-9(14)10(15)5-8/h3-5,7H,1-2H3. The second-order valence-corrected chi connectivity index (χ2v) is 5.94. The summed E-state index contributed by atoms with van der Waals surface area (Å²) >= 11 is 13.2. The summed E-state index contributed by atoms with van der Waals surface area (Å²) in [6.45, 7) is 4.04. The molecular formula is C13H10Cl2N2S. The molecule has 1 heterocycles. The Kier molecular flexibility index (Phi) is 3.91. The van der Waals surface area contributed by atoms with E-state index in [1.165, 1.54) is 11.3 Å². The average Bonchev–Trinajstić information content (AvgIpc) is 2.77. The van der Waals surface area contributed by atoms with Crippen molar-refractivity contribution in [2.24, 2.45) is 0 Å². The van der Waals surface area contributed by atoms with Gasteiger partial charge in [0.2, 0.25) is 0 Å². The molecule has 2 rings (SSSR count). The maximum absolute atomic E-state index is 9.10. The second-order valence-electron chi connectivity index (χ2n) is 4.13. The number of nitriles is 1. The van der Waals surface area contributed by atoms with Crippen molar-refractivity contribution >= 4 is 34.5 Å². The Morgan fingerprint density at radius 2 is 2.00 bits per heavy atom. The van der Waals surface area contributed by atoms with E-state index in [0.717, 1.165) is 16.3 Å². The summed E-state index contributed by atoms with van der Waals surface area (Å²) in [6.07, 6.45) is 0. The van der Waals surface area contributed by atoms with Crippen LogP contribution >= 0.6 is 34.5 Å². The maximum Gasteiger partial charge on any atom is 0.128 e. The molecule has 0 atom stereocenters. The Bertz CT molecular complexity index is 626. The van der Waals surface area contributed by atoms with Crippen LogP contribution in [0, 0.1) is 11.3 Å². The van der Waals surface area contributed by atoms with E-state index in [-0.39, 0.29) is 5.92 Å². The number of halogens is 2. The van der Waals surface area contributed by atoms with E-state index in [1.54, 1.807) is 12.1 Å². The SMILES string of the molecule is CC(C)c1nc(-c2ccc(Cl)c(Cl)c2)sc1C#N. The van der Waals surface area contributed by atoms with E-state index in [0.29, 0.717) is 14.9 Å². The van der Waals surface area contributed by atoms with Crippen LogP contribution in [0.4, 0.5) is 0 Å². The van der Waals surface area contributed by atoms with Crippen LogP contribution < -0.4 is 0 Å². The van der Waals surface area contributed by atoms with E-state index in [4.69, 9.17) is 28.5 Å². The lowest BCUT2D eigenvalue weighted by atomic mass is 10.1. The molecule has 1 aromatic heterocycles. The van der Waals surface area contributed by atoms with E-state index in [2.05, 4.69) is 11.1 Å². The third-order valence-electron chi connectivity index (χ3n) is 2.47. The molecule has 1 aromatic carbocycles. The zero-order valence-corrected chi connectivity index (χ0v) is 12.2. The van der Waals surface area contributed by atoms with Crippen LogP contribution in [0.5, 0.6) is 0 Å². The van der Waals surface area contributed by atoms with Gasteiger partial charge in [-0.2, -0.15) is 5.26 Å². The fraction of sp³-hybridized carbons (Fsp3) is 0.231. The number of benzene rings is 1. The van der Waals surface area contributed by atoms with Crippen molar-refractivity contribution in [2.45, 2.75) is 19.8 Å². The summed E-state index contributed by atoms with van der Waals surface area (Å²) in [6, 6.07) is 7.56. The Balaban J connectivity index is 2.52. The summed E-state index contributed by atoms with van der Waals surface area (Å²) in [5, 5.41) is 10.9. The van der Waals surface area contributed by atoms with Crippen LogP contribution in [0.3, 0.4) is 0 Å². The minimum atomic E-state index is 0.229. The van der Waals surface area contributed by atoms with Gasteiger partial charge in [0.15, 0.2) is 0 Å². The molecule has 0 aliphatic rings. The predicted octanol–water partition coefficient (Wildman–Crippen LogP) is 5.11. The van der Waals surface area contributed by atoms with Crippen LogP contribution in [0.2, 0.25) is 10.0 Å². The van der Waals surface area contributed by atoms with Gasteiger partial charge in [0, 0.05) is 5.56 Å². The molecule has 0 radical (unpaired) electrons. The summed E-state index contributed by atoms with van der Waals surface area (Å²) < 4.78 is 0. The Morgan fingerprint density at radius 1 is 1.28 bits per heavy atom. The molecule has 5 heteroatoms. The van der Waals surface area contributed by atoms with Crippen molar-refractivity contribution in [3.8, 4) is 16.6 Å². The molecule has 0 spiro atoms. The number of hydrogen-bond donors (Lipinski definition) is 0. The zero-order valence-electron chi connectivity index (χ0n) is 9.87. The van der Waals surface area contributed by atoms with E-state index in [9.17, 15) is 0 Å². The van der Waals surface area contributed by atoms with E-state index >= 15 is 0 Å². The van der Waals surface area contributed by atoms with Gasteiger partial charge in [0.1, 0.15) is 16.0 Å². The van der Waals surface area contributed by atoms with Crippen LogP contribution in [0.1, 0.15) is 30.3 Å². The van der Waals surface area contributed by atoms with Gasteiger partial charge < -0.3 is 0 Å². The number of thiazole rings is 1. The first-order valence-corrected chi connectivity index (χ1v) is 6.96. The van der Waals surface area contributed by atoms with Gasteiger partial charge in [-0.15, -0.1) is 11.3 Å². The molecule has 0 unspecified atom stereocenters. The van der Waals surface area contributed by atoms with Crippen molar-refractivity contribution in [3.05, 3.63) is 38.8 Å². The quantitative estimate of drug-likeness (QED) is 0.772. The molecule has 2 aromatic rings. The van der Waals surface area contributed by atoms with Gasteiger partial charge >= 0.3 is 0 Å². The highest BCUT2D eigenvalue weighted by atomic mass is 35.5. The fourth-order valence-electron chi connectivity index (χ4n) is 1.56. The summed E-state index contributed by atoms with van der Waals surface area (Å²) in [7, 11) is 0. The minimum absolute atomic E-state index is 0.229. The van der Waals surface area contributed by atoms with Gasteiger partial charge in [0.25, 0.3) is 0 Å². The smallest absolute Gasteiger partial charge is 0.128 e. The first-order valence-electron chi connectivity index (χ1n) is 5.39. The molecule has 0 amide bonds. The minimum Gasteiger partial charge on any atom is -0.239 e. The van der Waals surface area contributed by atoms with Gasteiger partial charge in [-0.3, -0.25) is 0 Å². The van der Waals surface area contributed by atoms with Crippen LogP contribution in [-0.2, 0) is 0 Å². The first kappa shape index (κ1) is 13.4. The molecule has 2 nitrogen and oxygen atoms in total. The van der Waals surface area contributed by atoms with Crippen LogP contribution in [0.15, 0.2) is 18.2 Å². The van der Waals surface area contributed by atoms with Crippen molar-refractivity contribution < 1.29 is 0 Å². The first-order chi connectivity index (χ1) is 8.52. The third kappa shape index (κ3) is 2.51. The highest BCUT2D eigenvalue weighted by molar-refractivity contribution is 7.15. The monoisotopic (exact) mass is 296 g/mol. The summed E-state index contributed by atoms with van der Waals surface area (Å²) in [4.78, 5) is 5.17. The van der Waals surface area contributed by atoms with Crippen LogP contribution in [-0.4, -0.2) is 4.98 Å². The molecule has 18 heavy (non-hydrogen) atoms.